The molecular weight excluding hydrogens is 426 g/mol. The lowest BCUT2D eigenvalue weighted by Gasteiger charge is -2.75. The number of hydrogen-bond donors (Lipinski definition) is 2. The number of nitrogens with zero attached hydrogens (tertiary/aromatic N) is 1. The van der Waals surface area contributed by atoms with Gasteiger partial charge in [-0.1, -0.05) is 26.8 Å². The molecule has 5 aliphatic carbocycles. The molecule has 2 spiro atoms. The molecule has 1 saturated heterocycles. The summed E-state index contributed by atoms with van der Waals surface area (Å²) in [6.07, 6.45) is 7.64. The number of benzene rings is 1. The van der Waals surface area contributed by atoms with Gasteiger partial charge in [-0.3, -0.25) is 4.90 Å². The molecule has 7 atom stereocenters. The van der Waals surface area contributed by atoms with Gasteiger partial charge in [-0.2, -0.15) is 0 Å². The van der Waals surface area contributed by atoms with Crippen molar-refractivity contribution in [2.24, 2.45) is 22.7 Å². The van der Waals surface area contributed by atoms with Gasteiger partial charge in [0, 0.05) is 42.0 Å². The zero-order chi connectivity index (χ0) is 23.9. The molecule has 1 unspecified atom stereocenters. The normalized spacial score (nSPS) is 43.9. The van der Waals surface area contributed by atoms with E-state index in [0.29, 0.717) is 11.8 Å². The predicted octanol–water partition coefficient (Wildman–Crippen LogP) is 4.41. The fourth-order valence-corrected chi connectivity index (χ4v) is 9.58. The summed E-state index contributed by atoms with van der Waals surface area (Å²) in [5.74, 6) is 1.80. The minimum absolute atomic E-state index is 0.0294. The van der Waals surface area contributed by atoms with E-state index in [0.717, 1.165) is 44.6 Å². The highest BCUT2D eigenvalue weighted by Gasteiger charge is 2.82. The first-order chi connectivity index (χ1) is 16.0. The lowest BCUT2D eigenvalue weighted by Crippen LogP contribution is -2.83. The van der Waals surface area contributed by atoms with Crippen molar-refractivity contribution in [1.82, 2.24) is 4.90 Å². The Labute approximate surface area is 203 Å². The van der Waals surface area contributed by atoms with Crippen molar-refractivity contribution in [3.63, 3.8) is 0 Å². The maximum absolute atomic E-state index is 12.2. The number of piperidine rings is 1. The largest absolute Gasteiger partial charge is 0.504 e. The van der Waals surface area contributed by atoms with E-state index in [-0.39, 0.29) is 34.0 Å². The molecule has 5 fully saturated rings. The zero-order valence-corrected chi connectivity index (χ0v) is 21.5. The zero-order valence-electron chi connectivity index (χ0n) is 21.5. The molecule has 4 saturated carbocycles. The molecule has 5 heteroatoms. The molecule has 0 aromatic heterocycles. The van der Waals surface area contributed by atoms with Gasteiger partial charge >= 0.3 is 0 Å². The number of rotatable bonds is 4. The van der Waals surface area contributed by atoms with Gasteiger partial charge in [-0.05, 0) is 81.4 Å². The van der Waals surface area contributed by atoms with Crippen LogP contribution in [0.15, 0.2) is 12.1 Å². The van der Waals surface area contributed by atoms with Crippen molar-refractivity contribution in [1.29, 1.82) is 0 Å². The van der Waals surface area contributed by atoms with Gasteiger partial charge in [0.05, 0.1) is 5.60 Å². The first-order valence-electron chi connectivity index (χ1n) is 13.6. The van der Waals surface area contributed by atoms with Crippen molar-refractivity contribution < 1.29 is 19.7 Å². The lowest BCUT2D eigenvalue weighted by molar-refractivity contribution is -0.312. The number of phenols is 1. The molecule has 2 N–H and O–H groups in total. The van der Waals surface area contributed by atoms with Crippen molar-refractivity contribution in [2.45, 2.75) is 101 Å². The molecule has 1 aromatic carbocycles. The lowest BCUT2D eigenvalue weighted by atomic mass is 9.33. The van der Waals surface area contributed by atoms with Gasteiger partial charge < -0.3 is 19.7 Å². The standard InChI is InChI=1S/C29H41NO4/c1-25(2,3)26(4,32)20-15-27-10-11-29(20,33-5)24-28(27)12-13-30(16-17-6-7-17)21(27)14-18-8-9-19(31)23(34-24)22(18)28/h8-9,17,20-21,24,31-32H,6-7,10-16H2,1-5H3/t20-,21-,24-,26?,27-,28+,29-/m1/s1. The van der Waals surface area contributed by atoms with Gasteiger partial charge in [0.1, 0.15) is 11.7 Å². The van der Waals surface area contributed by atoms with Gasteiger partial charge in [-0.15, -0.1) is 0 Å². The topological polar surface area (TPSA) is 62.2 Å². The van der Waals surface area contributed by atoms with Crippen LogP contribution in [0.1, 0.15) is 77.3 Å². The third kappa shape index (κ3) is 2.25. The van der Waals surface area contributed by atoms with Gasteiger partial charge in [0.15, 0.2) is 11.5 Å². The number of fused-ring (bicyclic) bond motifs is 2. The maximum Gasteiger partial charge on any atom is 0.165 e. The highest BCUT2D eigenvalue weighted by Crippen LogP contribution is 2.78. The Balaban J connectivity index is 1.47. The van der Waals surface area contributed by atoms with Crippen LogP contribution in [0.25, 0.3) is 0 Å². The number of likely N-dealkylation sites (tertiary alicyclic amines) is 1. The van der Waals surface area contributed by atoms with Crippen LogP contribution >= 0.6 is 0 Å². The Morgan fingerprint density at radius 3 is 2.59 bits per heavy atom. The number of methoxy groups -OCH3 is 1. The minimum atomic E-state index is -0.909. The van der Waals surface area contributed by atoms with Gasteiger partial charge in [0.25, 0.3) is 0 Å². The molecule has 8 rings (SSSR count). The average molecular weight is 468 g/mol. The maximum atomic E-state index is 12.2. The monoisotopic (exact) mass is 467 g/mol. The van der Waals surface area contributed by atoms with Crippen molar-refractivity contribution in [2.75, 3.05) is 20.2 Å². The van der Waals surface area contributed by atoms with Crippen molar-refractivity contribution in [3.8, 4) is 11.5 Å². The van der Waals surface area contributed by atoms with E-state index in [1.54, 1.807) is 0 Å². The average Bonchev–Trinajstić information content (AvgIpc) is 3.53. The molecular formula is C29H41NO4. The molecule has 2 heterocycles. The summed E-state index contributed by atoms with van der Waals surface area (Å²) >= 11 is 0. The summed E-state index contributed by atoms with van der Waals surface area (Å²) in [4.78, 5) is 2.82. The van der Waals surface area contributed by atoms with E-state index in [2.05, 4.69) is 31.7 Å². The fraction of sp³-hybridized carbons (Fsp3) is 0.793. The summed E-state index contributed by atoms with van der Waals surface area (Å²) < 4.78 is 13.5. The SMILES string of the molecule is CO[C@]12CC[C@@]3(C[C@@H]1C(C)(O)C(C)(C)C)[C@H]1Cc4ccc(O)c5c4[C@@]3(CCN1CC1CC1)[C@H]2O5. The van der Waals surface area contributed by atoms with Crippen molar-refractivity contribution >= 4 is 0 Å². The number of hydrogen-bond acceptors (Lipinski definition) is 5. The van der Waals surface area contributed by atoms with Crippen LogP contribution in [0.5, 0.6) is 11.5 Å². The Kier molecular flexibility index (Phi) is 4.08. The quantitative estimate of drug-likeness (QED) is 0.687. The van der Waals surface area contributed by atoms with Crippen LogP contribution in [0, 0.1) is 22.7 Å². The van der Waals surface area contributed by atoms with Crippen LogP contribution in [0.4, 0.5) is 0 Å². The van der Waals surface area contributed by atoms with E-state index < -0.39 is 11.2 Å². The summed E-state index contributed by atoms with van der Waals surface area (Å²) in [6.45, 7) is 10.8. The Bertz CT molecular complexity index is 1060. The number of aliphatic hydroxyl groups is 1. The number of aromatic hydroxyl groups is 1. The molecule has 0 radical (unpaired) electrons. The first kappa shape index (κ1) is 21.9. The van der Waals surface area contributed by atoms with E-state index in [9.17, 15) is 10.2 Å². The Morgan fingerprint density at radius 1 is 1.15 bits per heavy atom. The summed E-state index contributed by atoms with van der Waals surface area (Å²) in [5, 5.41) is 23.2. The van der Waals surface area contributed by atoms with Crippen LogP contribution in [-0.2, 0) is 16.6 Å². The smallest absolute Gasteiger partial charge is 0.165 e. The van der Waals surface area contributed by atoms with E-state index in [4.69, 9.17) is 9.47 Å². The third-order valence-electron chi connectivity index (χ3n) is 11.9. The summed E-state index contributed by atoms with van der Waals surface area (Å²) in [6, 6.07) is 4.46. The predicted molar refractivity (Wildman–Crippen MR) is 130 cm³/mol. The first-order valence-corrected chi connectivity index (χ1v) is 13.6. The molecule has 7 aliphatic rings. The second-order valence-electron chi connectivity index (χ2n) is 13.8. The minimum Gasteiger partial charge on any atom is -0.504 e. The molecule has 0 amide bonds. The van der Waals surface area contributed by atoms with E-state index >= 15 is 0 Å². The second kappa shape index (κ2) is 6.33. The summed E-state index contributed by atoms with van der Waals surface area (Å²) in [7, 11) is 1.83. The van der Waals surface area contributed by atoms with Crippen LogP contribution < -0.4 is 4.74 Å². The Morgan fingerprint density at radius 2 is 1.91 bits per heavy atom. The number of ether oxygens (including phenoxy) is 2. The second-order valence-corrected chi connectivity index (χ2v) is 13.8. The highest BCUT2D eigenvalue weighted by atomic mass is 16.6. The molecule has 186 valence electrons. The third-order valence-corrected chi connectivity index (χ3v) is 11.9. The molecule has 5 nitrogen and oxygen atoms in total. The molecule has 2 aliphatic heterocycles. The van der Waals surface area contributed by atoms with Gasteiger partial charge in [0.2, 0.25) is 0 Å². The Hall–Kier alpha value is -1.30. The van der Waals surface area contributed by atoms with Crippen molar-refractivity contribution in [3.05, 3.63) is 23.3 Å². The highest BCUT2D eigenvalue weighted by molar-refractivity contribution is 5.63. The van der Waals surface area contributed by atoms with Crippen LogP contribution in [0.2, 0.25) is 0 Å². The van der Waals surface area contributed by atoms with Crippen LogP contribution in [0.3, 0.4) is 0 Å². The van der Waals surface area contributed by atoms with Gasteiger partial charge in [-0.25, -0.2) is 0 Å². The fourth-order valence-electron chi connectivity index (χ4n) is 9.58. The molecule has 1 aromatic rings. The van der Waals surface area contributed by atoms with Crippen LogP contribution in [-0.4, -0.2) is 58.7 Å². The molecule has 4 bridgehead atoms. The van der Waals surface area contributed by atoms with E-state index in [1.165, 1.54) is 30.5 Å². The number of phenolic OH excluding ortho intramolecular Hbond substituents is 1. The summed E-state index contributed by atoms with van der Waals surface area (Å²) in [5.41, 5.74) is 0.783. The van der Waals surface area contributed by atoms with E-state index in [1.807, 2.05) is 20.1 Å². The molecule has 34 heavy (non-hydrogen) atoms.